The van der Waals surface area contributed by atoms with E-state index in [2.05, 4.69) is 168 Å². The lowest BCUT2D eigenvalue weighted by atomic mass is 9.95. The lowest BCUT2D eigenvalue weighted by Crippen LogP contribution is -2.48. The first-order valence-corrected chi connectivity index (χ1v) is 17.9. The zero-order valence-electron chi connectivity index (χ0n) is 27.4. The molecule has 2 unspecified atom stereocenters. The van der Waals surface area contributed by atoms with E-state index >= 15 is 0 Å². The van der Waals surface area contributed by atoms with Gasteiger partial charge in [-0.05, 0) is 57.3 Å². The Morgan fingerprint density at radius 2 is 1.26 bits per heavy atom. The van der Waals surface area contributed by atoms with Crippen molar-refractivity contribution in [1.29, 1.82) is 0 Å². The molecular formula is C45H33N3OS. The van der Waals surface area contributed by atoms with Gasteiger partial charge >= 0.3 is 0 Å². The monoisotopic (exact) mass is 663 g/mol. The molecule has 3 heterocycles. The van der Waals surface area contributed by atoms with E-state index < -0.39 is 0 Å². The molecule has 9 aromatic rings. The summed E-state index contributed by atoms with van der Waals surface area (Å²) in [4.78, 5) is 2.42. The van der Waals surface area contributed by atoms with Gasteiger partial charge in [0.15, 0.2) is 0 Å². The number of thiophene rings is 1. The molecular weight excluding hydrogens is 631 g/mol. The molecule has 0 saturated carbocycles. The summed E-state index contributed by atoms with van der Waals surface area (Å²) in [7, 11) is 2.22. The van der Waals surface area contributed by atoms with Crippen LogP contribution in [0.1, 0.15) is 11.6 Å². The van der Waals surface area contributed by atoms with Crippen LogP contribution in [0.25, 0.3) is 64.2 Å². The summed E-state index contributed by atoms with van der Waals surface area (Å²) < 4.78 is 9.03. The molecule has 50 heavy (non-hydrogen) atoms. The molecule has 1 aliphatic heterocycles. The molecule has 0 fully saturated rings. The number of nitrogens with one attached hydrogen (secondary N) is 2. The van der Waals surface area contributed by atoms with Crippen LogP contribution in [0.15, 0.2) is 162 Å². The minimum atomic E-state index is -0.142. The normalized spacial score (nSPS) is 15.6. The van der Waals surface area contributed by atoms with Crippen molar-refractivity contribution < 1.29 is 4.42 Å². The highest BCUT2D eigenvalue weighted by Gasteiger charge is 2.36. The van der Waals surface area contributed by atoms with Gasteiger partial charge in [-0.15, -0.1) is 11.3 Å². The summed E-state index contributed by atoms with van der Waals surface area (Å²) in [6.07, 6.45) is -0.142. The van der Waals surface area contributed by atoms with Crippen molar-refractivity contribution in [3.63, 3.8) is 0 Å². The van der Waals surface area contributed by atoms with Crippen molar-refractivity contribution in [1.82, 2.24) is 0 Å². The molecule has 0 saturated heterocycles. The first-order valence-electron chi connectivity index (χ1n) is 17.1. The summed E-state index contributed by atoms with van der Waals surface area (Å²) in [5, 5.41) is 14.0. The number of anilines is 3. The molecule has 4 nitrogen and oxygen atoms in total. The highest BCUT2D eigenvalue weighted by atomic mass is 32.1. The number of likely N-dealkylation sites (N-methyl/N-ethyl adjacent to an activating group) is 1. The average Bonchev–Trinajstić information content (AvgIpc) is 3.75. The van der Waals surface area contributed by atoms with Crippen molar-refractivity contribution in [3.05, 3.63) is 163 Å². The van der Waals surface area contributed by atoms with E-state index in [-0.39, 0.29) is 12.2 Å². The van der Waals surface area contributed by atoms with Gasteiger partial charge in [0.2, 0.25) is 5.88 Å². The molecule has 0 amide bonds. The maximum absolute atomic E-state index is 6.40. The topological polar surface area (TPSA) is 40.4 Å². The van der Waals surface area contributed by atoms with E-state index in [1.54, 1.807) is 0 Å². The fourth-order valence-corrected chi connectivity index (χ4v) is 8.93. The molecule has 2 aromatic heterocycles. The van der Waals surface area contributed by atoms with Crippen LogP contribution in [0.5, 0.6) is 0 Å². The molecule has 1 aliphatic rings. The van der Waals surface area contributed by atoms with Gasteiger partial charge in [0, 0.05) is 43.9 Å². The van der Waals surface area contributed by atoms with Crippen molar-refractivity contribution in [3.8, 4) is 22.3 Å². The van der Waals surface area contributed by atoms with Crippen LogP contribution in [0.4, 0.5) is 17.3 Å². The Morgan fingerprint density at radius 3 is 2.06 bits per heavy atom. The van der Waals surface area contributed by atoms with Crippen molar-refractivity contribution >= 4 is 70.5 Å². The molecule has 2 N–H and O–H groups in total. The van der Waals surface area contributed by atoms with Gasteiger partial charge in [-0.25, -0.2) is 0 Å². The number of para-hydroxylation sites is 1. The second-order valence-electron chi connectivity index (χ2n) is 13.1. The van der Waals surface area contributed by atoms with E-state index in [4.69, 9.17) is 4.42 Å². The Bertz CT molecular complexity index is 2680. The Morgan fingerprint density at radius 1 is 0.580 bits per heavy atom. The van der Waals surface area contributed by atoms with Crippen LogP contribution in [-0.4, -0.2) is 13.2 Å². The molecule has 10 rings (SSSR count). The van der Waals surface area contributed by atoms with Crippen molar-refractivity contribution in [2.45, 2.75) is 12.2 Å². The number of rotatable bonds is 5. The largest absolute Gasteiger partial charge is 0.438 e. The summed E-state index contributed by atoms with van der Waals surface area (Å²) >= 11 is 1.89. The molecule has 0 spiro atoms. The fourth-order valence-electron chi connectivity index (χ4n) is 7.67. The van der Waals surface area contributed by atoms with Crippen LogP contribution >= 0.6 is 11.3 Å². The van der Waals surface area contributed by atoms with E-state index in [1.807, 2.05) is 23.5 Å². The summed E-state index contributed by atoms with van der Waals surface area (Å²) in [5.74, 6) is 0.766. The highest BCUT2D eigenvalue weighted by molar-refractivity contribution is 7.26. The van der Waals surface area contributed by atoms with E-state index in [9.17, 15) is 0 Å². The Kier molecular flexibility index (Phi) is 6.68. The second kappa shape index (κ2) is 11.5. The molecule has 2 atom stereocenters. The summed E-state index contributed by atoms with van der Waals surface area (Å²) in [5.41, 5.74) is 9.00. The Balaban J connectivity index is 1.15. The predicted octanol–water partition coefficient (Wildman–Crippen LogP) is 12.3. The highest BCUT2D eigenvalue weighted by Crippen LogP contribution is 2.47. The van der Waals surface area contributed by atoms with E-state index in [0.717, 1.165) is 28.2 Å². The van der Waals surface area contributed by atoms with Gasteiger partial charge in [-0.3, -0.25) is 0 Å². The number of hydrogen-bond donors (Lipinski definition) is 2. The quantitative estimate of drug-likeness (QED) is 0.192. The SMILES string of the molecule is CN(c1cc2c(cc1-c1ccccc1)sc1c3ccccc3ccc21)C1Nc2c(oc3ccccc23)NC1c1ccc(-c2ccccc2)cc1. The summed E-state index contributed by atoms with van der Waals surface area (Å²) in [6.45, 7) is 0. The van der Waals surface area contributed by atoms with Crippen LogP contribution < -0.4 is 15.5 Å². The molecule has 7 aromatic carbocycles. The van der Waals surface area contributed by atoms with Crippen LogP contribution in [0.2, 0.25) is 0 Å². The van der Waals surface area contributed by atoms with Gasteiger partial charge in [-0.1, -0.05) is 133 Å². The summed E-state index contributed by atoms with van der Waals surface area (Å²) in [6, 6.07) is 56.5. The van der Waals surface area contributed by atoms with Crippen LogP contribution in [0.3, 0.4) is 0 Å². The first-order chi connectivity index (χ1) is 24.7. The molecule has 240 valence electrons. The molecule has 0 radical (unpaired) electrons. The van der Waals surface area contributed by atoms with Gasteiger partial charge in [-0.2, -0.15) is 0 Å². The Hall–Kier alpha value is -6.04. The van der Waals surface area contributed by atoms with Crippen molar-refractivity contribution in [2.24, 2.45) is 0 Å². The standard InChI is InChI=1S/C45H33N3OS/c1-48(38-26-37-34-25-24-31-16-8-9-17-33(31)43(34)50-40(37)27-36(38)30-14-6-3-7-15-30)44-41(32-22-20-29(21-23-32)28-12-4-2-5-13-28)47-45-42(46-44)35-18-10-11-19-39(35)49-45/h2-27,41,44,46-47H,1H3. The molecule has 5 heteroatoms. The van der Waals surface area contributed by atoms with E-state index in [0.29, 0.717) is 0 Å². The van der Waals surface area contributed by atoms with Gasteiger partial charge in [0.1, 0.15) is 17.4 Å². The maximum Gasteiger partial charge on any atom is 0.218 e. The second-order valence-corrected chi connectivity index (χ2v) is 14.2. The van der Waals surface area contributed by atoms with Crippen molar-refractivity contribution in [2.75, 3.05) is 22.6 Å². The van der Waals surface area contributed by atoms with Gasteiger partial charge in [0.05, 0.1) is 6.04 Å². The van der Waals surface area contributed by atoms with Gasteiger partial charge in [0.25, 0.3) is 0 Å². The van der Waals surface area contributed by atoms with E-state index in [1.165, 1.54) is 58.8 Å². The van der Waals surface area contributed by atoms with Crippen LogP contribution in [0, 0.1) is 0 Å². The fraction of sp³-hybridized carbons (Fsp3) is 0.0667. The Labute approximate surface area is 294 Å². The van der Waals surface area contributed by atoms with Gasteiger partial charge < -0.3 is 20.0 Å². The third-order valence-electron chi connectivity index (χ3n) is 10.2. The third-order valence-corrected chi connectivity index (χ3v) is 11.4. The predicted molar refractivity (Wildman–Crippen MR) is 213 cm³/mol. The molecule has 0 bridgehead atoms. The number of nitrogens with zero attached hydrogens (tertiary/aromatic N) is 1. The zero-order chi connectivity index (χ0) is 33.2. The number of benzene rings is 7. The minimum Gasteiger partial charge on any atom is -0.438 e. The smallest absolute Gasteiger partial charge is 0.218 e. The number of fused-ring (bicyclic) bond motifs is 8. The zero-order valence-corrected chi connectivity index (χ0v) is 28.2. The van der Waals surface area contributed by atoms with Crippen LogP contribution in [-0.2, 0) is 0 Å². The third kappa shape index (κ3) is 4.66. The maximum atomic E-state index is 6.40. The molecule has 0 aliphatic carbocycles. The number of hydrogen-bond acceptors (Lipinski definition) is 5. The average molecular weight is 664 g/mol. The first kappa shape index (κ1) is 28.9. The lowest BCUT2D eigenvalue weighted by molar-refractivity contribution is 0.547. The minimum absolute atomic E-state index is 0.111. The lowest BCUT2D eigenvalue weighted by Gasteiger charge is -2.41. The number of furan rings is 1.